The van der Waals surface area contributed by atoms with Gasteiger partial charge in [-0.1, -0.05) is 0 Å². The lowest BCUT2D eigenvalue weighted by molar-refractivity contribution is -0.200. The van der Waals surface area contributed by atoms with Crippen LogP contribution in [0.5, 0.6) is 0 Å². The number of ether oxygens (including phenoxy) is 3. The molecule has 1 unspecified atom stereocenters. The Balaban J connectivity index is 2.02. The predicted molar refractivity (Wildman–Crippen MR) is 72.1 cm³/mol. The summed E-state index contributed by atoms with van der Waals surface area (Å²) in [4.78, 5) is 25.7. The Bertz CT molecular complexity index is 680. The third-order valence-corrected chi connectivity index (χ3v) is 3.79. The average Bonchev–Trinajstić information content (AvgIpc) is 2.92. The molecule has 22 heavy (non-hydrogen) atoms. The monoisotopic (exact) mass is 314 g/mol. The summed E-state index contributed by atoms with van der Waals surface area (Å²) in [7, 11) is 0. The third kappa shape index (κ3) is 2.40. The molecule has 3 rings (SSSR count). The molecular weight excluding hydrogens is 296 g/mol. The number of H-pyrrole nitrogens is 1. The highest BCUT2D eigenvalue weighted by molar-refractivity contribution is 5.05. The first-order valence-corrected chi connectivity index (χ1v) is 6.93. The molecule has 0 amide bonds. The lowest BCUT2D eigenvalue weighted by Gasteiger charge is -2.24. The van der Waals surface area contributed by atoms with Crippen LogP contribution in [0.25, 0.3) is 0 Å². The minimum atomic E-state index is -0.865. The average molecular weight is 314 g/mol. The second kappa shape index (κ2) is 5.28. The van der Waals surface area contributed by atoms with Crippen molar-refractivity contribution in [3.8, 4) is 0 Å². The molecule has 0 saturated carbocycles. The molecule has 3 N–H and O–H groups in total. The summed E-state index contributed by atoms with van der Waals surface area (Å²) in [5, 5.41) is 18.6. The lowest BCUT2D eigenvalue weighted by Crippen LogP contribution is -2.38. The highest BCUT2D eigenvalue weighted by Gasteiger charge is 2.55. The van der Waals surface area contributed by atoms with Crippen molar-refractivity contribution in [1.29, 1.82) is 0 Å². The number of hydrogen-bond acceptors (Lipinski definition) is 7. The Labute approximate surface area is 125 Å². The number of aliphatic hydroxyl groups excluding tert-OH is 2. The molecule has 2 fully saturated rings. The number of aromatic nitrogens is 2. The molecule has 1 aromatic rings. The van der Waals surface area contributed by atoms with Gasteiger partial charge in [-0.25, -0.2) is 4.79 Å². The van der Waals surface area contributed by atoms with Crippen LogP contribution in [0.3, 0.4) is 0 Å². The van der Waals surface area contributed by atoms with E-state index in [1.807, 2.05) is 0 Å². The normalized spacial score (nSPS) is 33.1. The molecule has 0 bridgehead atoms. The summed E-state index contributed by atoms with van der Waals surface area (Å²) in [5.74, 6) is -0.865. The van der Waals surface area contributed by atoms with Crippen molar-refractivity contribution in [2.75, 3.05) is 6.61 Å². The molecule has 2 saturated heterocycles. The van der Waals surface area contributed by atoms with Gasteiger partial charge < -0.3 is 24.4 Å². The Morgan fingerprint density at radius 1 is 1.27 bits per heavy atom. The molecule has 0 radical (unpaired) electrons. The Morgan fingerprint density at radius 2 is 1.95 bits per heavy atom. The van der Waals surface area contributed by atoms with Gasteiger partial charge in [0.2, 0.25) is 0 Å². The van der Waals surface area contributed by atoms with E-state index in [2.05, 4.69) is 4.98 Å². The zero-order valence-corrected chi connectivity index (χ0v) is 12.2. The van der Waals surface area contributed by atoms with Gasteiger partial charge >= 0.3 is 5.69 Å². The number of hydrogen-bond donors (Lipinski definition) is 3. The number of aliphatic hydroxyl groups is 2. The molecule has 122 valence electrons. The maximum absolute atomic E-state index is 12.0. The van der Waals surface area contributed by atoms with E-state index >= 15 is 0 Å². The number of nitrogens with one attached hydrogen (secondary N) is 1. The molecule has 4 atom stereocenters. The van der Waals surface area contributed by atoms with E-state index in [0.29, 0.717) is 0 Å². The topological polar surface area (TPSA) is 123 Å². The SMILES string of the molecule is CC1(C)OC2[C@@H](O1)[C@@H](CO)O[C@H]2n1cc(CO)c(=O)[nH]c1=O. The van der Waals surface area contributed by atoms with Gasteiger partial charge in [0.1, 0.15) is 18.3 Å². The fraction of sp³-hybridized carbons (Fsp3) is 0.692. The maximum atomic E-state index is 12.0. The van der Waals surface area contributed by atoms with E-state index in [1.54, 1.807) is 13.8 Å². The van der Waals surface area contributed by atoms with Gasteiger partial charge in [-0.2, -0.15) is 0 Å². The zero-order chi connectivity index (χ0) is 16.1. The quantitative estimate of drug-likeness (QED) is 0.616. The van der Waals surface area contributed by atoms with Crippen molar-refractivity contribution in [1.82, 2.24) is 9.55 Å². The second-order valence-electron chi connectivity index (χ2n) is 5.79. The molecular formula is C13H18N2O7. The maximum Gasteiger partial charge on any atom is 0.330 e. The minimum absolute atomic E-state index is 0.0328. The van der Waals surface area contributed by atoms with Crippen LogP contribution < -0.4 is 11.2 Å². The Hall–Kier alpha value is -1.52. The first-order valence-electron chi connectivity index (χ1n) is 6.93. The Kier molecular flexibility index (Phi) is 3.69. The standard InChI is InChI=1S/C13H18N2O7/c1-13(2)21-8-7(5-17)20-11(9(8)22-13)15-3-6(4-16)10(18)14-12(15)19/h3,7-9,11,16-17H,4-5H2,1-2H3,(H,14,18,19)/t7-,8+,9?,11-/m1/s1. The van der Waals surface area contributed by atoms with Crippen LogP contribution in [0.1, 0.15) is 25.6 Å². The molecule has 0 aromatic carbocycles. The van der Waals surface area contributed by atoms with Crippen LogP contribution in [0.2, 0.25) is 0 Å². The van der Waals surface area contributed by atoms with Crippen molar-refractivity contribution < 1.29 is 24.4 Å². The van der Waals surface area contributed by atoms with Crippen molar-refractivity contribution in [2.24, 2.45) is 0 Å². The highest BCUT2D eigenvalue weighted by Crippen LogP contribution is 2.42. The van der Waals surface area contributed by atoms with Crippen LogP contribution >= 0.6 is 0 Å². The van der Waals surface area contributed by atoms with Crippen molar-refractivity contribution in [3.05, 3.63) is 32.6 Å². The van der Waals surface area contributed by atoms with Crippen LogP contribution in [0.15, 0.2) is 15.8 Å². The number of rotatable bonds is 3. The van der Waals surface area contributed by atoms with E-state index in [9.17, 15) is 19.8 Å². The number of aromatic amines is 1. The smallest absolute Gasteiger partial charge is 0.330 e. The third-order valence-electron chi connectivity index (χ3n) is 3.79. The van der Waals surface area contributed by atoms with Gasteiger partial charge in [0.15, 0.2) is 12.0 Å². The second-order valence-corrected chi connectivity index (χ2v) is 5.79. The van der Waals surface area contributed by atoms with Gasteiger partial charge in [-0.15, -0.1) is 0 Å². The van der Waals surface area contributed by atoms with Gasteiger partial charge in [0.25, 0.3) is 5.56 Å². The summed E-state index contributed by atoms with van der Waals surface area (Å²) in [6.07, 6.45) is -1.41. The van der Waals surface area contributed by atoms with Gasteiger partial charge in [-0.05, 0) is 13.8 Å². The van der Waals surface area contributed by atoms with E-state index in [-0.39, 0.29) is 12.2 Å². The van der Waals surface area contributed by atoms with E-state index in [4.69, 9.17) is 14.2 Å². The fourth-order valence-electron chi connectivity index (χ4n) is 2.86. The molecule has 2 aliphatic heterocycles. The van der Waals surface area contributed by atoms with Crippen LogP contribution in [-0.4, -0.2) is 50.5 Å². The molecule has 9 heteroatoms. The molecule has 3 heterocycles. The van der Waals surface area contributed by atoms with Crippen LogP contribution in [-0.2, 0) is 20.8 Å². The van der Waals surface area contributed by atoms with E-state index in [0.717, 1.165) is 4.57 Å². The van der Waals surface area contributed by atoms with Crippen molar-refractivity contribution >= 4 is 0 Å². The number of fused-ring (bicyclic) bond motifs is 1. The van der Waals surface area contributed by atoms with Gasteiger partial charge in [0.05, 0.1) is 18.8 Å². The first-order chi connectivity index (χ1) is 10.4. The van der Waals surface area contributed by atoms with Crippen molar-refractivity contribution in [3.63, 3.8) is 0 Å². The Morgan fingerprint density at radius 3 is 2.59 bits per heavy atom. The van der Waals surface area contributed by atoms with E-state index < -0.39 is 48.2 Å². The van der Waals surface area contributed by atoms with Gasteiger partial charge in [0, 0.05) is 6.20 Å². The van der Waals surface area contributed by atoms with E-state index in [1.165, 1.54) is 6.20 Å². The summed E-state index contributed by atoms with van der Waals surface area (Å²) < 4.78 is 18.2. The summed E-state index contributed by atoms with van der Waals surface area (Å²) >= 11 is 0. The molecule has 0 aliphatic carbocycles. The summed E-state index contributed by atoms with van der Waals surface area (Å²) in [5.41, 5.74) is -1.30. The molecule has 2 aliphatic rings. The first kappa shape index (κ1) is 15.4. The lowest BCUT2D eigenvalue weighted by atomic mass is 10.1. The summed E-state index contributed by atoms with van der Waals surface area (Å²) in [6, 6.07) is 0. The van der Waals surface area contributed by atoms with Crippen LogP contribution in [0, 0.1) is 0 Å². The van der Waals surface area contributed by atoms with Crippen LogP contribution in [0.4, 0.5) is 0 Å². The summed E-state index contributed by atoms with van der Waals surface area (Å²) in [6.45, 7) is 2.65. The molecule has 0 spiro atoms. The molecule has 1 aromatic heterocycles. The number of nitrogens with zero attached hydrogens (tertiary/aromatic N) is 1. The fourth-order valence-corrected chi connectivity index (χ4v) is 2.86. The minimum Gasteiger partial charge on any atom is -0.394 e. The largest absolute Gasteiger partial charge is 0.394 e. The zero-order valence-electron chi connectivity index (χ0n) is 12.2. The highest BCUT2D eigenvalue weighted by atomic mass is 16.8. The molecule has 9 nitrogen and oxygen atoms in total. The van der Waals surface area contributed by atoms with Crippen molar-refractivity contribution in [2.45, 2.75) is 50.8 Å². The predicted octanol–water partition coefficient (Wildman–Crippen LogP) is -1.56. The van der Waals surface area contributed by atoms with Gasteiger partial charge in [-0.3, -0.25) is 14.3 Å².